The number of pyridine rings is 3. The second-order valence-corrected chi connectivity index (χ2v) is 13.2. The van der Waals surface area contributed by atoms with Crippen molar-refractivity contribution in [2.45, 2.75) is 19.9 Å². The van der Waals surface area contributed by atoms with E-state index in [1.807, 2.05) is 32.0 Å². The molecule has 42 heavy (non-hydrogen) atoms. The molecule has 0 unspecified atom stereocenters. The van der Waals surface area contributed by atoms with Crippen LogP contribution in [0.4, 0.5) is 10.1 Å². The van der Waals surface area contributed by atoms with Crippen molar-refractivity contribution in [2.24, 2.45) is 5.92 Å². The van der Waals surface area contributed by atoms with Gasteiger partial charge in [0.15, 0.2) is 5.82 Å². The molecule has 4 aromatic heterocycles. The first-order valence-electron chi connectivity index (χ1n) is 13.3. The molecule has 0 saturated carbocycles. The van der Waals surface area contributed by atoms with Gasteiger partial charge in [0.2, 0.25) is 0 Å². The first-order chi connectivity index (χ1) is 20.0. The molecule has 1 fully saturated rings. The summed E-state index contributed by atoms with van der Waals surface area (Å²) in [7, 11) is -1.52. The summed E-state index contributed by atoms with van der Waals surface area (Å²) in [5.41, 5.74) is 4.63. The highest BCUT2D eigenvalue weighted by Gasteiger charge is 2.38. The number of rotatable bonds is 7. The Morgan fingerprint density at radius 3 is 2.60 bits per heavy atom. The minimum atomic E-state index is -3.12. The summed E-state index contributed by atoms with van der Waals surface area (Å²) in [6, 6.07) is 11.6. The average Bonchev–Trinajstić information content (AvgIpc) is 3.40. The first kappa shape index (κ1) is 28.0. The number of ether oxygens (including phenoxy) is 1. The summed E-state index contributed by atoms with van der Waals surface area (Å²) in [4.78, 5) is 16.0. The molecule has 0 aliphatic carbocycles. The quantitative estimate of drug-likeness (QED) is 0.238. The number of nitrogens with zero attached hydrogens (tertiary/aromatic N) is 6. The van der Waals surface area contributed by atoms with E-state index in [9.17, 15) is 12.8 Å². The molecule has 6 rings (SSSR count). The van der Waals surface area contributed by atoms with Crippen LogP contribution in [0.5, 0.6) is 5.75 Å². The van der Waals surface area contributed by atoms with Crippen molar-refractivity contribution >= 4 is 38.0 Å². The van der Waals surface area contributed by atoms with E-state index in [1.165, 1.54) is 24.5 Å². The van der Waals surface area contributed by atoms with Gasteiger partial charge in [0.25, 0.3) is 0 Å². The molecule has 0 spiro atoms. The monoisotopic (exact) mass is 606 g/mol. The number of fused-ring (bicyclic) bond motifs is 1. The van der Waals surface area contributed by atoms with E-state index < -0.39 is 15.7 Å². The zero-order chi connectivity index (χ0) is 29.8. The van der Waals surface area contributed by atoms with Crippen molar-refractivity contribution in [3.63, 3.8) is 0 Å². The summed E-state index contributed by atoms with van der Waals surface area (Å²) in [6.45, 7) is 4.47. The van der Waals surface area contributed by atoms with Gasteiger partial charge in [0.1, 0.15) is 21.4 Å². The normalized spacial score (nSPS) is 17.0. The van der Waals surface area contributed by atoms with E-state index in [0.717, 1.165) is 27.8 Å². The Balaban J connectivity index is 1.51. The number of aromatic nitrogens is 5. The Labute approximate surface area is 247 Å². The highest BCUT2D eigenvalue weighted by Crippen LogP contribution is 2.38. The maximum Gasteiger partial charge on any atom is 0.156 e. The van der Waals surface area contributed by atoms with E-state index in [0.29, 0.717) is 40.1 Å². The molecular weight excluding hydrogens is 579 g/mol. The predicted octanol–water partition coefficient (Wildman–Crippen LogP) is 5.52. The summed E-state index contributed by atoms with van der Waals surface area (Å²) in [5.74, 6) is 0.804. The number of benzene rings is 1. The molecule has 216 valence electrons. The van der Waals surface area contributed by atoms with Crippen molar-refractivity contribution in [3.8, 4) is 34.1 Å². The fraction of sp³-hybridized carbons (Fsp3) is 0.267. The zero-order valence-electron chi connectivity index (χ0n) is 23.4. The highest BCUT2D eigenvalue weighted by atomic mass is 35.5. The Morgan fingerprint density at radius 2 is 1.86 bits per heavy atom. The average molecular weight is 607 g/mol. The number of aryl methyl sites for hydroxylation is 1. The molecule has 5 aromatic rings. The predicted molar refractivity (Wildman–Crippen MR) is 162 cm³/mol. The molecule has 1 aliphatic heterocycles. The standard InChI is InChI=1S/C30H28ClFN6O3S/c1-17-23-14-34-38(28(23)12-27(35-17)24-13-33-8-7-29(24)41-3)30-11-21(37-15-19(18(37)2)16-42(4,39)40)10-26(36-30)22-9-20(32)5-6-25(22)31/h5-14,18-19H,15-16H2,1-4H3/t18-,19-/m1/s1. The Morgan fingerprint density at radius 1 is 1.07 bits per heavy atom. The van der Waals surface area contributed by atoms with Gasteiger partial charge in [-0.1, -0.05) is 11.6 Å². The van der Waals surface area contributed by atoms with E-state index in [1.54, 1.807) is 36.4 Å². The smallest absolute Gasteiger partial charge is 0.156 e. The molecule has 1 saturated heterocycles. The summed E-state index contributed by atoms with van der Waals surface area (Å²) in [5, 5.41) is 5.86. The largest absolute Gasteiger partial charge is 0.496 e. The summed E-state index contributed by atoms with van der Waals surface area (Å²) >= 11 is 6.51. The van der Waals surface area contributed by atoms with Gasteiger partial charge < -0.3 is 9.64 Å². The Kier molecular flexibility index (Phi) is 7.10. The molecule has 9 nitrogen and oxygen atoms in total. The highest BCUT2D eigenvalue weighted by molar-refractivity contribution is 7.90. The van der Waals surface area contributed by atoms with Crippen LogP contribution in [0.1, 0.15) is 12.6 Å². The van der Waals surface area contributed by atoms with E-state index >= 15 is 0 Å². The van der Waals surface area contributed by atoms with Gasteiger partial charge >= 0.3 is 0 Å². The molecule has 12 heteroatoms. The number of methoxy groups -OCH3 is 1. The second-order valence-electron chi connectivity index (χ2n) is 10.6. The van der Waals surface area contributed by atoms with Gasteiger partial charge in [0.05, 0.1) is 46.6 Å². The van der Waals surface area contributed by atoms with Crippen LogP contribution >= 0.6 is 11.6 Å². The number of hydrogen-bond acceptors (Lipinski definition) is 8. The van der Waals surface area contributed by atoms with Gasteiger partial charge in [0, 0.05) is 65.6 Å². The van der Waals surface area contributed by atoms with Crippen molar-refractivity contribution in [2.75, 3.05) is 30.6 Å². The molecule has 2 atom stereocenters. The zero-order valence-corrected chi connectivity index (χ0v) is 25.0. The third-order valence-electron chi connectivity index (χ3n) is 7.71. The van der Waals surface area contributed by atoms with Gasteiger partial charge in [-0.25, -0.2) is 22.5 Å². The lowest BCUT2D eigenvalue weighted by molar-refractivity contribution is 0.341. The van der Waals surface area contributed by atoms with Crippen LogP contribution in [-0.2, 0) is 9.84 Å². The Bertz CT molecular complexity index is 1950. The number of sulfone groups is 1. The third-order valence-corrected chi connectivity index (χ3v) is 9.07. The number of hydrogen-bond donors (Lipinski definition) is 0. The fourth-order valence-electron chi connectivity index (χ4n) is 5.47. The molecule has 0 N–H and O–H groups in total. The van der Waals surface area contributed by atoms with Crippen LogP contribution in [0.3, 0.4) is 0 Å². The van der Waals surface area contributed by atoms with Gasteiger partial charge in [-0.3, -0.25) is 9.97 Å². The molecule has 1 aliphatic rings. The molecule has 0 radical (unpaired) electrons. The maximum atomic E-state index is 14.3. The topological polar surface area (TPSA) is 103 Å². The first-order valence-corrected chi connectivity index (χ1v) is 15.7. The minimum Gasteiger partial charge on any atom is -0.496 e. The van der Waals surface area contributed by atoms with Crippen LogP contribution in [0.25, 0.3) is 39.2 Å². The lowest BCUT2D eigenvalue weighted by atomic mass is 9.91. The van der Waals surface area contributed by atoms with Crippen molar-refractivity contribution in [1.29, 1.82) is 0 Å². The van der Waals surface area contributed by atoms with Gasteiger partial charge in [-0.15, -0.1) is 0 Å². The van der Waals surface area contributed by atoms with E-state index in [4.69, 9.17) is 26.3 Å². The summed E-state index contributed by atoms with van der Waals surface area (Å²) < 4.78 is 45.5. The lowest BCUT2D eigenvalue weighted by Crippen LogP contribution is -2.57. The molecule has 5 heterocycles. The van der Waals surface area contributed by atoms with Gasteiger partial charge in [-0.2, -0.15) is 5.10 Å². The summed E-state index contributed by atoms with van der Waals surface area (Å²) in [6.07, 6.45) is 6.35. The van der Waals surface area contributed by atoms with Crippen molar-refractivity contribution < 1.29 is 17.5 Å². The molecule has 0 amide bonds. The number of anilines is 1. The van der Waals surface area contributed by atoms with E-state index in [2.05, 4.69) is 15.0 Å². The van der Waals surface area contributed by atoms with Crippen LogP contribution in [0.2, 0.25) is 5.02 Å². The van der Waals surface area contributed by atoms with Gasteiger partial charge in [-0.05, 0) is 50.2 Å². The SMILES string of the molecule is COc1ccncc1-c1cc2c(cnn2-c2cc(N3C[C@H](CS(C)(=O)=O)[C@H]3C)cc(-c3cc(F)ccc3Cl)n2)c(C)n1. The lowest BCUT2D eigenvalue weighted by Gasteiger charge is -2.48. The Hall–Kier alpha value is -4.09. The van der Waals surface area contributed by atoms with Crippen molar-refractivity contribution in [3.05, 3.63) is 77.6 Å². The molecule has 1 aromatic carbocycles. The van der Waals surface area contributed by atoms with Crippen LogP contribution in [0.15, 0.2) is 61.1 Å². The van der Waals surface area contributed by atoms with Crippen LogP contribution in [-0.4, -0.2) is 64.9 Å². The molecular formula is C30H28ClFN6O3S. The number of halogens is 2. The second kappa shape index (κ2) is 10.6. The van der Waals surface area contributed by atoms with Crippen LogP contribution < -0.4 is 9.64 Å². The van der Waals surface area contributed by atoms with Crippen LogP contribution in [0, 0.1) is 18.7 Å². The molecule has 0 bridgehead atoms. The fourth-order valence-corrected chi connectivity index (χ4v) is 6.84. The third kappa shape index (κ3) is 5.18. The van der Waals surface area contributed by atoms with E-state index in [-0.39, 0.29) is 17.7 Å². The maximum absolute atomic E-state index is 14.3. The van der Waals surface area contributed by atoms with Crippen molar-refractivity contribution in [1.82, 2.24) is 24.7 Å². The minimum absolute atomic E-state index is 0.00546.